The number of carboxylic acids is 1. The number of fused-ring (bicyclic) bond motifs is 1. The van der Waals surface area contributed by atoms with Crippen LogP contribution in [0, 0.1) is 0 Å². The lowest BCUT2D eigenvalue weighted by Crippen LogP contribution is -2.34. The van der Waals surface area contributed by atoms with Crippen LogP contribution < -0.4 is 0 Å². The maximum absolute atomic E-state index is 11.4. The molecule has 0 radical (unpaired) electrons. The molecule has 1 saturated carbocycles. The van der Waals surface area contributed by atoms with E-state index in [9.17, 15) is 9.90 Å². The Hall–Kier alpha value is -3.93. The van der Waals surface area contributed by atoms with Gasteiger partial charge in [-0.25, -0.2) is 9.78 Å². The Kier molecular flexibility index (Phi) is 7.31. The molecule has 5 aromatic rings. The van der Waals surface area contributed by atoms with Gasteiger partial charge in [0.25, 0.3) is 0 Å². The molecule has 1 saturated heterocycles. The molecule has 0 spiro atoms. The number of hydrogen-bond donors (Lipinski definition) is 1. The number of halogens is 1. The molecule has 2 heterocycles. The van der Waals surface area contributed by atoms with Gasteiger partial charge in [0.15, 0.2) is 0 Å². The van der Waals surface area contributed by atoms with Crippen molar-refractivity contribution >= 4 is 28.6 Å². The molecular formula is C36H34ClN3O2. The first kappa shape index (κ1) is 26.9. The molecule has 1 aliphatic carbocycles. The second-order valence-corrected chi connectivity index (χ2v) is 12.2. The molecule has 212 valence electrons. The number of piperidine rings is 1. The van der Waals surface area contributed by atoms with E-state index in [-0.39, 0.29) is 5.92 Å². The second-order valence-electron chi connectivity index (χ2n) is 11.8. The van der Waals surface area contributed by atoms with Crippen LogP contribution in [0.3, 0.4) is 0 Å². The molecule has 1 N–H and O–H groups in total. The average Bonchev–Trinajstić information content (AvgIpc) is 3.80. The molecule has 0 bridgehead atoms. The normalized spacial score (nSPS) is 17.0. The van der Waals surface area contributed by atoms with E-state index in [2.05, 4.69) is 70.1 Å². The van der Waals surface area contributed by atoms with E-state index in [0.29, 0.717) is 17.5 Å². The summed E-state index contributed by atoms with van der Waals surface area (Å²) in [5.41, 5.74) is 7.46. The molecule has 6 heteroatoms. The first-order valence-electron chi connectivity index (χ1n) is 14.9. The zero-order valence-corrected chi connectivity index (χ0v) is 24.3. The summed E-state index contributed by atoms with van der Waals surface area (Å²) in [4.78, 5) is 19.1. The number of aromatic nitrogens is 2. The molecule has 42 heavy (non-hydrogen) atoms. The van der Waals surface area contributed by atoms with Crippen molar-refractivity contribution in [1.29, 1.82) is 0 Å². The van der Waals surface area contributed by atoms with Gasteiger partial charge in [-0.15, -0.1) is 0 Å². The lowest BCUT2D eigenvalue weighted by atomic mass is 9.85. The van der Waals surface area contributed by atoms with Gasteiger partial charge in [-0.3, -0.25) is 4.90 Å². The van der Waals surface area contributed by atoms with Gasteiger partial charge in [0.05, 0.1) is 16.6 Å². The summed E-state index contributed by atoms with van der Waals surface area (Å²) >= 11 is 6.27. The fraction of sp³-hybridized carbons (Fsp3) is 0.278. The molecule has 2 fully saturated rings. The molecule has 0 amide bonds. The van der Waals surface area contributed by atoms with Crippen LogP contribution in [0.25, 0.3) is 11.0 Å². The van der Waals surface area contributed by atoms with Gasteiger partial charge in [0.2, 0.25) is 0 Å². The highest BCUT2D eigenvalue weighted by Gasteiger charge is 2.33. The average molecular weight is 576 g/mol. The summed E-state index contributed by atoms with van der Waals surface area (Å²) in [5, 5.41) is 10.1. The highest BCUT2D eigenvalue weighted by molar-refractivity contribution is 6.30. The van der Waals surface area contributed by atoms with Crippen molar-refractivity contribution < 1.29 is 9.90 Å². The number of hydrogen-bond acceptors (Lipinski definition) is 3. The number of benzene rings is 4. The molecule has 1 unspecified atom stereocenters. The molecule has 7 rings (SSSR count). The first-order valence-corrected chi connectivity index (χ1v) is 15.3. The summed E-state index contributed by atoms with van der Waals surface area (Å²) < 4.78 is 2.57. The van der Waals surface area contributed by atoms with Crippen LogP contribution in [0.4, 0.5) is 0 Å². The third-order valence-corrected chi connectivity index (χ3v) is 9.11. The fourth-order valence-corrected chi connectivity index (χ4v) is 6.72. The first-order chi connectivity index (χ1) is 20.5. The number of aromatic carboxylic acids is 1. The maximum atomic E-state index is 11.4. The summed E-state index contributed by atoms with van der Waals surface area (Å²) in [6.45, 7) is 2.73. The van der Waals surface area contributed by atoms with Crippen LogP contribution in [-0.4, -0.2) is 38.6 Å². The predicted molar refractivity (Wildman–Crippen MR) is 167 cm³/mol. The molecule has 1 atom stereocenters. The van der Waals surface area contributed by atoms with Gasteiger partial charge >= 0.3 is 5.97 Å². The zero-order valence-electron chi connectivity index (χ0n) is 23.5. The van der Waals surface area contributed by atoms with E-state index >= 15 is 0 Å². The van der Waals surface area contributed by atoms with E-state index in [4.69, 9.17) is 16.6 Å². The van der Waals surface area contributed by atoms with Gasteiger partial charge in [0, 0.05) is 42.5 Å². The van der Waals surface area contributed by atoms with E-state index in [1.807, 2.05) is 24.3 Å². The smallest absolute Gasteiger partial charge is 0.335 e. The third kappa shape index (κ3) is 5.47. The van der Waals surface area contributed by atoms with Crippen LogP contribution in [0.2, 0.25) is 5.02 Å². The molecule has 2 aliphatic rings. The quantitative estimate of drug-likeness (QED) is 0.189. The maximum Gasteiger partial charge on any atom is 0.335 e. The Balaban J connectivity index is 1.20. The number of carboxylic acid groups (broad SMARTS) is 1. The largest absolute Gasteiger partial charge is 0.478 e. The van der Waals surface area contributed by atoms with Gasteiger partial charge in [-0.05, 0) is 84.3 Å². The Bertz CT molecular complexity index is 1720. The van der Waals surface area contributed by atoms with Crippen LogP contribution in [0.1, 0.15) is 82.0 Å². The van der Waals surface area contributed by atoms with Crippen molar-refractivity contribution in [3.63, 3.8) is 0 Å². The lowest BCUT2D eigenvalue weighted by Gasteiger charge is -2.34. The van der Waals surface area contributed by atoms with Crippen molar-refractivity contribution in [1.82, 2.24) is 14.5 Å². The van der Waals surface area contributed by atoms with Crippen LogP contribution >= 0.6 is 11.6 Å². The topological polar surface area (TPSA) is 58.4 Å². The van der Waals surface area contributed by atoms with Crippen LogP contribution in [0.15, 0.2) is 97.1 Å². The number of carbonyl (C=O) groups is 1. The Labute approximate surface area is 251 Å². The van der Waals surface area contributed by atoms with E-state index < -0.39 is 5.97 Å². The zero-order chi connectivity index (χ0) is 28.6. The number of imidazole rings is 1. The van der Waals surface area contributed by atoms with Crippen molar-refractivity contribution in [3.05, 3.63) is 136 Å². The molecule has 1 aromatic heterocycles. The minimum atomic E-state index is -0.875. The summed E-state index contributed by atoms with van der Waals surface area (Å²) in [6, 6.07) is 33.5. The predicted octanol–water partition coefficient (Wildman–Crippen LogP) is 8.28. The van der Waals surface area contributed by atoms with E-state index in [1.54, 1.807) is 12.1 Å². The highest BCUT2D eigenvalue weighted by Crippen LogP contribution is 2.44. The fourth-order valence-electron chi connectivity index (χ4n) is 6.60. The Morgan fingerprint density at radius 3 is 2.26 bits per heavy atom. The van der Waals surface area contributed by atoms with Crippen molar-refractivity contribution in [2.45, 2.75) is 50.1 Å². The highest BCUT2D eigenvalue weighted by atomic mass is 35.5. The van der Waals surface area contributed by atoms with Gasteiger partial charge < -0.3 is 9.67 Å². The standard InChI is InChI=1S/C36H34ClN3O2/c37-30-14-11-26(12-15-30)34(25-6-2-1-3-7-25)28-13-16-32-33(22-28)40(35(38-32)27-9-10-27)31-17-19-39(20-18-31)23-24-5-4-8-29(21-24)36(41)42/h1-8,11-16,21-22,27,31,34H,9-10,17-20,23H2,(H,41,42). The van der Waals surface area contributed by atoms with Crippen LogP contribution in [0.5, 0.6) is 0 Å². The van der Waals surface area contributed by atoms with Crippen molar-refractivity contribution in [2.24, 2.45) is 0 Å². The van der Waals surface area contributed by atoms with E-state index in [0.717, 1.165) is 48.6 Å². The van der Waals surface area contributed by atoms with Gasteiger partial charge in [0.1, 0.15) is 5.82 Å². The second kappa shape index (κ2) is 11.4. The molecular weight excluding hydrogens is 542 g/mol. The number of nitrogens with zero attached hydrogens (tertiary/aromatic N) is 3. The summed E-state index contributed by atoms with van der Waals surface area (Å²) in [5.74, 6) is 1.03. The van der Waals surface area contributed by atoms with Gasteiger partial charge in [-0.1, -0.05) is 72.3 Å². The molecule has 4 aromatic carbocycles. The van der Waals surface area contributed by atoms with Crippen LogP contribution in [-0.2, 0) is 6.54 Å². The minimum Gasteiger partial charge on any atom is -0.478 e. The monoisotopic (exact) mass is 575 g/mol. The molecule has 1 aliphatic heterocycles. The van der Waals surface area contributed by atoms with E-state index in [1.165, 1.54) is 40.9 Å². The third-order valence-electron chi connectivity index (χ3n) is 8.86. The summed E-state index contributed by atoms with van der Waals surface area (Å²) in [6.07, 6.45) is 4.53. The Morgan fingerprint density at radius 2 is 1.55 bits per heavy atom. The van der Waals surface area contributed by atoms with Gasteiger partial charge in [-0.2, -0.15) is 0 Å². The van der Waals surface area contributed by atoms with Crippen molar-refractivity contribution in [2.75, 3.05) is 13.1 Å². The summed E-state index contributed by atoms with van der Waals surface area (Å²) in [7, 11) is 0. The SMILES string of the molecule is O=C(O)c1cccc(CN2CCC(n3c(C4CC4)nc4ccc(C(c5ccccc5)c5ccc(Cl)cc5)cc43)CC2)c1. The Morgan fingerprint density at radius 1 is 0.833 bits per heavy atom. The van der Waals surface area contributed by atoms with Crippen molar-refractivity contribution in [3.8, 4) is 0 Å². The minimum absolute atomic E-state index is 0.101. The molecule has 5 nitrogen and oxygen atoms in total. The number of likely N-dealkylation sites (tertiary alicyclic amines) is 1. The lowest BCUT2D eigenvalue weighted by molar-refractivity contribution is 0.0696. The number of rotatable bonds is 8.